The minimum atomic E-state index is -0.329. The van der Waals surface area contributed by atoms with Crippen LogP contribution in [0.2, 0.25) is 0 Å². The van der Waals surface area contributed by atoms with Crippen LogP contribution >= 0.6 is 38.6 Å². The number of hydrogen-bond acceptors (Lipinski definition) is 4. The number of amides is 1. The monoisotopic (exact) mass is 410 g/mol. The van der Waals surface area contributed by atoms with E-state index in [0.29, 0.717) is 17.0 Å². The van der Waals surface area contributed by atoms with Crippen LogP contribution in [-0.4, -0.2) is 10.9 Å². The summed E-state index contributed by atoms with van der Waals surface area (Å²) in [6, 6.07) is 4.19. The van der Waals surface area contributed by atoms with Gasteiger partial charge in [0.05, 0.1) is 9.20 Å². The lowest BCUT2D eigenvalue weighted by atomic mass is 9.82. The van der Waals surface area contributed by atoms with Gasteiger partial charge in [-0.25, -0.2) is 4.98 Å². The number of thiophene rings is 1. The van der Waals surface area contributed by atoms with E-state index in [1.54, 1.807) is 17.5 Å². The van der Waals surface area contributed by atoms with Crippen molar-refractivity contribution in [1.29, 1.82) is 0 Å². The van der Waals surface area contributed by atoms with E-state index in [9.17, 15) is 4.79 Å². The molecule has 2 aromatic heterocycles. The summed E-state index contributed by atoms with van der Waals surface area (Å²) in [6.45, 7) is 0. The van der Waals surface area contributed by atoms with E-state index in [4.69, 9.17) is 0 Å². The number of halogens is 1. The smallest absolute Gasteiger partial charge is 0.237 e. The molecule has 2 heterocycles. The zero-order chi connectivity index (χ0) is 15.9. The highest BCUT2D eigenvalue weighted by atomic mass is 79.9. The average Bonchev–Trinajstić information content (AvgIpc) is 2.88. The number of rotatable bonds is 4. The van der Waals surface area contributed by atoms with E-state index >= 15 is 0 Å². The van der Waals surface area contributed by atoms with Crippen LogP contribution in [0, 0.1) is 11.8 Å². The highest BCUT2D eigenvalue weighted by molar-refractivity contribution is 9.11. The van der Waals surface area contributed by atoms with Crippen LogP contribution in [0.25, 0.3) is 0 Å². The van der Waals surface area contributed by atoms with Gasteiger partial charge in [-0.15, -0.1) is 22.7 Å². The molecule has 0 radical (unpaired) electrons. The molecule has 122 valence electrons. The predicted molar refractivity (Wildman–Crippen MR) is 99.1 cm³/mol. The van der Waals surface area contributed by atoms with Gasteiger partial charge in [-0.1, -0.05) is 32.1 Å². The quantitative estimate of drug-likeness (QED) is 0.728. The van der Waals surface area contributed by atoms with E-state index in [1.165, 1.54) is 48.3 Å². The predicted octanol–water partition coefficient (Wildman–Crippen LogP) is 5.44. The van der Waals surface area contributed by atoms with Crippen LogP contribution < -0.4 is 5.32 Å². The first-order valence-corrected chi connectivity index (χ1v) is 10.7. The van der Waals surface area contributed by atoms with Crippen molar-refractivity contribution in [3.05, 3.63) is 32.4 Å². The molecule has 0 aromatic carbocycles. The summed E-state index contributed by atoms with van der Waals surface area (Å²) in [4.78, 5) is 18.5. The lowest BCUT2D eigenvalue weighted by molar-refractivity contribution is -0.119. The van der Waals surface area contributed by atoms with Crippen molar-refractivity contribution in [3.63, 3.8) is 0 Å². The summed E-state index contributed by atoms with van der Waals surface area (Å²) in [6.07, 6.45) is 9.28. The van der Waals surface area contributed by atoms with Gasteiger partial charge in [0.25, 0.3) is 0 Å². The maximum Gasteiger partial charge on any atom is 0.237 e. The second kappa shape index (κ2) is 6.30. The highest BCUT2D eigenvalue weighted by Crippen LogP contribution is 2.62. The van der Waals surface area contributed by atoms with Crippen LogP contribution in [0.5, 0.6) is 0 Å². The molecule has 6 heteroatoms. The second-order valence-electron chi connectivity index (χ2n) is 6.58. The molecule has 2 saturated carbocycles. The Bertz CT molecular complexity index is 693. The van der Waals surface area contributed by atoms with Crippen molar-refractivity contribution < 1.29 is 4.79 Å². The Morgan fingerprint density at radius 3 is 2.78 bits per heavy atom. The van der Waals surface area contributed by atoms with Crippen LogP contribution in [0.1, 0.15) is 43.4 Å². The first-order valence-electron chi connectivity index (χ1n) is 8.17. The fourth-order valence-electron chi connectivity index (χ4n) is 4.10. The Balaban J connectivity index is 1.61. The third-order valence-corrected chi connectivity index (χ3v) is 7.79. The Morgan fingerprint density at radius 1 is 1.30 bits per heavy atom. The molecule has 2 fully saturated rings. The van der Waals surface area contributed by atoms with Crippen molar-refractivity contribution >= 4 is 49.6 Å². The van der Waals surface area contributed by atoms with Crippen molar-refractivity contribution in [2.24, 2.45) is 11.8 Å². The maximum absolute atomic E-state index is 13.1. The number of thiazole rings is 1. The van der Waals surface area contributed by atoms with Gasteiger partial charge in [0.2, 0.25) is 5.91 Å². The van der Waals surface area contributed by atoms with E-state index in [0.717, 1.165) is 10.2 Å². The largest absolute Gasteiger partial charge is 0.301 e. The van der Waals surface area contributed by atoms with E-state index in [-0.39, 0.29) is 11.3 Å². The molecule has 2 aliphatic carbocycles. The molecular formula is C17H19BrN2OS2. The molecule has 3 nitrogen and oxygen atoms in total. The van der Waals surface area contributed by atoms with Gasteiger partial charge in [0.1, 0.15) is 0 Å². The van der Waals surface area contributed by atoms with Crippen molar-refractivity contribution in [1.82, 2.24) is 4.98 Å². The zero-order valence-electron chi connectivity index (χ0n) is 12.8. The number of anilines is 1. The van der Waals surface area contributed by atoms with Gasteiger partial charge in [-0.3, -0.25) is 4.79 Å². The third-order valence-electron chi connectivity index (χ3n) is 5.30. The normalized spacial score (nSPS) is 27.8. The molecule has 0 bridgehead atoms. The summed E-state index contributed by atoms with van der Waals surface area (Å²) in [7, 11) is 0. The topological polar surface area (TPSA) is 42.0 Å². The van der Waals surface area contributed by atoms with Crippen LogP contribution in [0.4, 0.5) is 5.13 Å². The molecule has 23 heavy (non-hydrogen) atoms. The molecular weight excluding hydrogens is 392 g/mol. The Morgan fingerprint density at radius 2 is 2.13 bits per heavy atom. The van der Waals surface area contributed by atoms with Crippen molar-refractivity contribution in [3.8, 4) is 0 Å². The van der Waals surface area contributed by atoms with E-state index in [2.05, 4.69) is 38.4 Å². The third kappa shape index (κ3) is 2.89. The van der Waals surface area contributed by atoms with Crippen LogP contribution in [0.3, 0.4) is 0 Å². The minimum absolute atomic E-state index is 0.136. The molecule has 1 N–H and O–H groups in total. The fourth-order valence-corrected chi connectivity index (χ4v) is 6.27. The Kier molecular flexibility index (Phi) is 4.32. The zero-order valence-corrected chi connectivity index (χ0v) is 16.0. The summed E-state index contributed by atoms with van der Waals surface area (Å²) in [5.74, 6) is 1.33. The molecule has 4 rings (SSSR count). The highest BCUT2D eigenvalue weighted by Gasteiger charge is 2.64. The van der Waals surface area contributed by atoms with Gasteiger partial charge < -0.3 is 5.32 Å². The maximum atomic E-state index is 13.1. The van der Waals surface area contributed by atoms with Gasteiger partial charge in [-0.05, 0) is 46.3 Å². The summed E-state index contributed by atoms with van der Waals surface area (Å²) >= 11 is 6.74. The molecule has 1 unspecified atom stereocenters. The summed E-state index contributed by atoms with van der Waals surface area (Å²) < 4.78 is 1.10. The van der Waals surface area contributed by atoms with Gasteiger partial charge >= 0.3 is 0 Å². The lowest BCUT2D eigenvalue weighted by Crippen LogP contribution is -2.31. The number of carbonyl (C=O) groups is 1. The number of carbonyl (C=O) groups excluding carboxylic acids is 1. The number of aromatic nitrogens is 1. The molecule has 0 saturated heterocycles. The van der Waals surface area contributed by atoms with Gasteiger partial charge in [0, 0.05) is 16.5 Å². The first kappa shape index (κ1) is 15.8. The van der Waals surface area contributed by atoms with E-state index < -0.39 is 0 Å². The molecule has 2 atom stereocenters. The van der Waals surface area contributed by atoms with Crippen molar-refractivity contribution in [2.45, 2.75) is 43.9 Å². The van der Waals surface area contributed by atoms with Crippen LogP contribution in [-0.2, 0) is 10.2 Å². The minimum Gasteiger partial charge on any atom is -0.301 e. The Labute approximate surface area is 152 Å². The average molecular weight is 411 g/mol. The fraction of sp³-hybridized carbons (Fsp3) is 0.529. The Hall–Kier alpha value is -0.720. The van der Waals surface area contributed by atoms with Gasteiger partial charge in [-0.2, -0.15) is 0 Å². The van der Waals surface area contributed by atoms with E-state index in [1.807, 2.05) is 5.38 Å². The molecule has 0 aliphatic heterocycles. The number of nitrogens with one attached hydrogen (secondary N) is 1. The molecule has 2 aliphatic rings. The number of hydrogen-bond donors (Lipinski definition) is 1. The number of nitrogens with zero attached hydrogens (tertiary/aromatic N) is 1. The SMILES string of the molecule is O=C(Nc1nccs1)[C@]1(c2ccc(Br)s2)CC1C1CCCCC1. The lowest BCUT2D eigenvalue weighted by Gasteiger charge is -2.24. The van der Waals surface area contributed by atoms with Crippen molar-refractivity contribution in [2.75, 3.05) is 5.32 Å². The first-order chi connectivity index (χ1) is 11.2. The van der Waals surface area contributed by atoms with Gasteiger partial charge in [0.15, 0.2) is 5.13 Å². The second-order valence-corrected chi connectivity index (χ2v) is 9.93. The summed E-state index contributed by atoms with van der Waals surface area (Å²) in [5, 5.41) is 5.67. The standard InChI is InChI=1S/C17H19BrN2OS2/c18-14-7-6-13(23-14)17(15(21)20-16-19-8-9-22-16)10-12(17)11-4-2-1-3-5-11/h6-9,11-12H,1-5,10H2,(H,19,20,21)/t12?,17-/m1/s1. The molecule has 2 aromatic rings. The molecule has 1 amide bonds. The summed E-state index contributed by atoms with van der Waals surface area (Å²) in [5.41, 5.74) is -0.329. The van der Waals surface area contributed by atoms with Crippen LogP contribution in [0.15, 0.2) is 27.5 Å². The molecule has 0 spiro atoms.